The zero-order chi connectivity index (χ0) is 19.8. The molecular formula is C24H30FNO2. The number of phenols is 2. The molecule has 3 nitrogen and oxygen atoms in total. The van der Waals surface area contributed by atoms with Crippen molar-refractivity contribution in [3.63, 3.8) is 0 Å². The summed E-state index contributed by atoms with van der Waals surface area (Å²) in [7, 11) is 0. The van der Waals surface area contributed by atoms with Crippen molar-refractivity contribution < 1.29 is 14.6 Å². The first-order chi connectivity index (χ1) is 13.7. The van der Waals surface area contributed by atoms with E-state index in [9.17, 15) is 14.6 Å². The molecule has 0 bridgehead atoms. The number of benzene rings is 2. The Labute approximate surface area is 167 Å². The summed E-state index contributed by atoms with van der Waals surface area (Å²) in [6.07, 6.45) is 8.71. The van der Waals surface area contributed by atoms with Gasteiger partial charge in [-0.25, -0.2) is 0 Å². The van der Waals surface area contributed by atoms with Gasteiger partial charge in [0.2, 0.25) is 0 Å². The second-order valence-corrected chi connectivity index (χ2v) is 7.49. The van der Waals surface area contributed by atoms with Gasteiger partial charge in [-0.15, -0.1) is 0 Å². The summed E-state index contributed by atoms with van der Waals surface area (Å²) >= 11 is 0. The third-order valence-corrected chi connectivity index (χ3v) is 5.36. The number of aromatic hydroxyl groups is 2. The van der Waals surface area contributed by atoms with E-state index in [1.165, 1.54) is 42.6 Å². The molecule has 0 radical (unpaired) electrons. The fourth-order valence-corrected chi connectivity index (χ4v) is 3.90. The zero-order valence-corrected chi connectivity index (χ0v) is 16.4. The summed E-state index contributed by atoms with van der Waals surface area (Å²) < 4.78 is 11.6. The lowest BCUT2D eigenvalue weighted by Gasteiger charge is -2.11. The number of alkyl halides is 1. The molecule has 2 aromatic carbocycles. The predicted molar refractivity (Wildman–Crippen MR) is 112 cm³/mol. The lowest BCUT2D eigenvalue weighted by atomic mass is 9.93. The lowest BCUT2D eigenvalue weighted by Crippen LogP contribution is -2.20. The Morgan fingerprint density at radius 1 is 0.893 bits per heavy atom. The van der Waals surface area contributed by atoms with E-state index in [1.54, 1.807) is 18.2 Å². The van der Waals surface area contributed by atoms with E-state index in [-0.39, 0.29) is 12.4 Å². The molecule has 1 fully saturated rings. The number of aryl methyl sites for hydroxylation is 1. The Morgan fingerprint density at radius 2 is 1.61 bits per heavy atom. The molecular weight excluding hydrogens is 353 g/mol. The molecule has 150 valence electrons. The summed E-state index contributed by atoms with van der Waals surface area (Å²) in [5, 5.41) is 19.0. The van der Waals surface area contributed by atoms with Gasteiger partial charge in [-0.05, 0) is 98.1 Å². The number of likely N-dealkylation sites (tertiary alicyclic amines) is 1. The van der Waals surface area contributed by atoms with Crippen molar-refractivity contribution in [3.8, 4) is 11.5 Å². The number of hydrogen-bond donors (Lipinski definition) is 2. The highest BCUT2D eigenvalue weighted by atomic mass is 19.1. The van der Waals surface area contributed by atoms with Crippen molar-refractivity contribution in [2.24, 2.45) is 0 Å². The van der Waals surface area contributed by atoms with Crippen LogP contribution in [0.15, 0.2) is 48.5 Å². The van der Waals surface area contributed by atoms with Gasteiger partial charge in [0.15, 0.2) is 0 Å². The maximum atomic E-state index is 11.6. The first kappa shape index (κ1) is 20.4. The minimum Gasteiger partial charge on any atom is -0.508 e. The maximum absolute atomic E-state index is 11.6. The highest BCUT2D eigenvalue weighted by Crippen LogP contribution is 2.33. The average molecular weight is 384 g/mol. The molecule has 0 aromatic heterocycles. The van der Waals surface area contributed by atoms with Crippen molar-refractivity contribution in [3.05, 3.63) is 65.2 Å². The fraction of sp³-hybridized carbons (Fsp3) is 0.417. The van der Waals surface area contributed by atoms with Gasteiger partial charge in [0.05, 0.1) is 6.67 Å². The van der Waals surface area contributed by atoms with Crippen LogP contribution in [0.3, 0.4) is 0 Å². The van der Waals surface area contributed by atoms with Crippen LogP contribution < -0.4 is 0 Å². The first-order valence-corrected chi connectivity index (χ1v) is 10.3. The Bertz CT molecular complexity index is 780. The molecule has 4 rings (SSSR count). The number of rotatable bonds is 4. The van der Waals surface area contributed by atoms with Crippen LogP contribution in [-0.2, 0) is 6.42 Å². The van der Waals surface area contributed by atoms with E-state index in [0.717, 1.165) is 37.8 Å². The van der Waals surface area contributed by atoms with Gasteiger partial charge in [0.25, 0.3) is 0 Å². The number of allylic oxidation sites excluding steroid dienone is 1. The SMILES string of the molecule is FCCCN1CCCC1.Oc1ccc(C2=CCCCc3cc(O)ccc32)cc1. The van der Waals surface area contributed by atoms with E-state index in [1.807, 2.05) is 24.3 Å². The molecule has 2 N–H and O–H groups in total. The quantitative estimate of drug-likeness (QED) is 0.752. The third-order valence-electron chi connectivity index (χ3n) is 5.36. The Balaban J connectivity index is 0.000000211. The van der Waals surface area contributed by atoms with E-state index >= 15 is 0 Å². The molecule has 2 aliphatic rings. The van der Waals surface area contributed by atoms with Crippen LogP contribution in [0.5, 0.6) is 11.5 Å². The van der Waals surface area contributed by atoms with Gasteiger partial charge in [-0.3, -0.25) is 4.39 Å². The highest BCUT2D eigenvalue weighted by Gasteiger charge is 2.13. The van der Waals surface area contributed by atoms with Crippen LogP contribution in [0.2, 0.25) is 0 Å². The van der Waals surface area contributed by atoms with Crippen molar-refractivity contribution in [1.82, 2.24) is 4.90 Å². The molecule has 0 saturated carbocycles. The van der Waals surface area contributed by atoms with Crippen molar-refractivity contribution in [2.75, 3.05) is 26.3 Å². The van der Waals surface area contributed by atoms with E-state index in [0.29, 0.717) is 5.75 Å². The molecule has 0 spiro atoms. The first-order valence-electron chi connectivity index (χ1n) is 10.3. The zero-order valence-electron chi connectivity index (χ0n) is 16.4. The highest BCUT2D eigenvalue weighted by molar-refractivity contribution is 5.82. The van der Waals surface area contributed by atoms with Crippen LogP contribution >= 0.6 is 0 Å². The summed E-state index contributed by atoms with van der Waals surface area (Å²) in [6, 6.07) is 12.9. The maximum Gasteiger partial charge on any atom is 0.115 e. The standard InChI is InChI=1S/C17H16O2.C7H14FN/c18-14-7-5-12(6-8-14)16-4-2-1-3-13-11-15(19)9-10-17(13)16;8-4-3-7-9-5-1-2-6-9/h4-11,18-19H,1-3H2;1-7H2. The molecule has 4 heteroatoms. The number of hydrogen-bond acceptors (Lipinski definition) is 3. The monoisotopic (exact) mass is 383 g/mol. The third kappa shape index (κ3) is 5.59. The normalized spacial score (nSPS) is 16.5. The molecule has 0 atom stereocenters. The Morgan fingerprint density at radius 3 is 2.32 bits per heavy atom. The molecule has 1 aliphatic carbocycles. The Hall–Kier alpha value is -2.33. The Kier molecular flexibility index (Phi) is 7.49. The van der Waals surface area contributed by atoms with Gasteiger partial charge in [-0.1, -0.05) is 24.3 Å². The summed E-state index contributed by atoms with van der Waals surface area (Å²) in [5.74, 6) is 0.606. The van der Waals surface area contributed by atoms with E-state index < -0.39 is 0 Å². The molecule has 1 heterocycles. The van der Waals surface area contributed by atoms with E-state index in [4.69, 9.17) is 0 Å². The van der Waals surface area contributed by atoms with E-state index in [2.05, 4.69) is 11.0 Å². The molecule has 2 aromatic rings. The smallest absolute Gasteiger partial charge is 0.115 e. The largest absolute Gasteiger partial charge is 0.508 e. The van der Waals surface area contributed by atoms with Crippen LogP contribution in [0.4, 0.5) is 4.39 Å². The second kappa shape index (κ2) is 10.3. The summed E-state index contributed by atoms with van der Waals surface area (Å²) in [6.45, 7) is 3.20. The summed E-state index contributed by atoms with van der Waals surface area (Å²) in [5.41, 5.74) is 4.66. The lowest BCUT2D eigenvalue weighted by molar-refractivity contribution is 0.312. The molecule has 1 aliphatic heterocycles. The number of fused-ring (bicyclic) bond motifs is 1. The minimum atomic E-state index is -0.156. The fourth-order valence-electron chi connectivity index (χ4n) is 3.90. The molecule has 0 unspecified atom stereocenters. The van der Waals surface area contributed by atoms with Gasteiger partial charge in [-0.2, -0.15) is 0 Å². The van der Waals surface area contributed by atoms with Crippen LogP contribution in [0.25, 0.3) is 5.57 Å². The van der Waals surface area contributed by atoms with Crippen LogP contribution in [0.1, 0.15) is 48.8 Å². The second-order valence-electron chi connectivity index (χ2n) is 7.49. The van der Waals surface area contributed by atoms with Gasteiger partial charge >= 0.3 is 0 Å². The number of phenolic OH excluding ortho intramolecular Hbond substituents is 2. The summed E-state index contributed by atoms with van der Waals surface area (Å²) in [4.78, 5) is 2.33. The molecule has 1 saturated heterocycles. The minimum absolute atomic E-state index is 0.156. The van der Waals surface area contributed by atoms with Gasteiger partial charge in [0.1, 0.15) is 11.5 Å². The van der Waals surface area contributed by atoms with Gasteiger partial charge < -0.3 is 15.1 Å². The van der Waals surface area contributed by atoms with Gasteiger partial charge in [0, 0.05) is 6.54 Å². The number of nitrogens with zero attached hydrogens (tertiary/aromatic N) is 1. The van der Waals surface area contributed by atoms with Crippen LogP contribution in [-0.4, -0.2) is 41.4 Å². The molecule has 28 heavy (non-hydrogen) atoms. The average Bonchev–Trinajstić information content (AvgIpc) is 3.14. The van der Waals surface area contributed by atoms with Crippen molar-refractivity contribution in [2.45, 2.75) is 38.5 Å². The van der Waals surface area contributed by atoms with Crippen molar-refractivity contribution in [1.29, 1.82) is 0 Å². The van der Waals surface area contributed by atoms with Crippen LogP contribution in [0, 0.1) is 0 Å². The molecule has 0 amide bonds. The van der Waals surface area contributed by atoms with Crippen molar-refractivity contribution >= 4 is 5.57 Å². The predicted octanol–water partition coefficient (Wildman–Crippen LogP) is 5.31. The topological polar surface area (TPSA) is 43.7 Å². The number of halogens is 1.